The van der Waals surface area contributed by atoms with Crippen molar-refractivity contribution < 1.29 is 88.9 Å². The summed E-state index contributed by atoms with van der Waals surface area (Å²) in [5, 5.41) is 38.8. The molecule has 0 atom stereocenters. The summed E-state index contributed by atoms with van der Waals surface area (Å²) in [6, 6.07) is 4.93. The number of aliphatic carboxylic acids is 3. The zero-order valence-corrected chi connectivity index (χ0v) is 26.6. The van der Waals surface area contributed by atoms with E-state index in [0.717, 1.165) is 0 Å². The second-order valence-electron chi connectivity index (χ2n) is 9.92. The van der Waals surface area contributed by atoms with Crippen molar-refractivity contribution in [3.63, 3.8) is 0 Å². The summed E-state index contributed by atoms with van der Waals surface area (Å²) >= 11 is 0. The van der Waals surface area contributed by atoms with E-state index in [-0.39, 0.29) is 143 Å². The van der Waals surface area contributed by atoms with Gasteiger partial charge in [0.2, 0.25) is 5.91 Å². The molecule has 1 fully saturated rings. The van der Waals surface area contributed by atoms with Gasteiger partial charge in [-0.2, -0.15) is 0 Å². The smallest absolute Gasteiger partial charge is 0.331 e. The second kappa shape index (κ2) is 20.2. The van der Waals surface area contributed by atoms with Crippen LogP contribution in [0.4, 0.5) is 5.69 Å². The van der Waals surface area contributed by atoms with Crippen LogP contribution in [0.25, 0.3) is 0 Å². The average Bonchev–Trinajstić information content (AvgIpc) is 2.92. The normalized spacial score (nSPS) is 16.0. The fourth-order valence-corrected chi connectivity index (χ4v) is 4.41. The Morgan fingerprint density at radius 2 is 1.11 bits per heavy atom. The van der Waals surface area contributed by atoms with Crippen molar-refractivity contribution in [2.24, 2.45) is 0 Å². The number of likely N-dealkylation sites (N-methyl/N-ethyl adjacent to an activating group) is 1. The van der Waals surface area contributed by atoms with Crippen molar-refractivity contribution in [1.29, 1.82) is 0 Å². The summed E-state index contributed by atoms with van der Waals surface area (Å²) < 4.78 is 5.21. The number of carbonyl (C=O) groups excluding carboxylic acids is 2. The van der Waals surface area contributed by atoms with Crippen LogP contribution in [0.15, 0.2) is 24.3 Å². The third-order valence-corrected chi connectivity index (χ3v) is 6.70. The van der Waals surface area contributed by atoms with Crippen molar-refractivity contribution in [2.45, 2.75) is 6.92 Å². The molecule has 1 amide bonds. The molecule has 246 valence electrons. The van der Waals surface area contributed by atoms with E-state index in [1.165, 1.54) is 29.2 Å². The number of ether oxygens (including phenoxy) is 1. The van der Waals surface area contributed by atoms with E-state index in [2.05, 4.69) is 0 Å². The molecule has 2 rings (SSSR count). The predicted molar refractivity (Wildman–Crippen MR) is 150 cm³/mol. The Bertz CT molecular complexity index is 1110. The molecule has 0 unspecified atom stereocenters. The molecular weight excluding hydrogens is 730 g/mol. The van der Waals surface area contributed by atoms with Crippen LogP contribution in [0.1, 0.15) is 6.92 Å². The summed E-state index contributed by atoms with van der Waals surface area (Å²) in [4.78, 5) is 78.1. The van der Waals surface area contributed by atoms with Gasteiger partial charge in [0.1, 0.15) is 12.3 Å². The number of carboxylic acid groups (broad SMARTS) is 3. The first-order valence-corrected chi connectivity index (χ1v) is 13.6. The first-order chi connectivity index (χ1) is 20.4. The number of hydrogen-bond donors (Lipinski definition) is 3. The SMILES string of the molecule is CCN(CC(=O)Oc1ccc([N+](=O)[O-])cc1)C(=O)CN1CCN(CC(=O)O)CCN(CC(=O)O)CCN(CC(=O)O)CC1.[Gd]. The maximum absolute atomic E-state index is 13.2. The quantitative estimate of drug-likeness (QED) is 0.0933. The van der Waals surface area contributed by atoms with Gasteiger partial charge in [-0.05, 0) is 19.1 Å². The van der Waals surface area contributed by atoms with Gasteiger partial charge in [0.05, 0.1) is 31.1 Å². The monoisotopic (exact) mass is 768 g/mol. The van der Waals surface area contributed by atoms with Gasteiger partial charge in [-0.15, -0.1) is 0 Å². The Kier molecular flexibility index (Phi) is 18.0. The van der Waals surface area contributed by atoms with E-state index in [9.17, 15) is 49.4 Å². The fourth-order valence-electron chi connectivity index (χ4n) is 4.41. The van der Waals surface area contributed by atoms with Crippen LogP contribution in [0.5, 0.6) is 5.75 Å². The number of carbonyl (C=O) groups is 5. The summed E-state index contributed by atoms with van der Waals surface area (Å²) in [5.41, 5.74) is -0.169. The number of rotatable bonds is 13. The Hall–Kier alpha value is -2.87. The van der Waals surface area contributed by atoms with Crippen molar-refractivity contribution >= 4 is 35.5 Å². The van der Waals surface area contributed by atoms with Crippen molar-refractivity contribution in [2.75, 3.05) is 91.6 Å². The zero-order valence-electron chi connectivity index (χ0n) is 24.4. The van der Waals surface area contributed by atoms with Crippen LogP contribution in [0, 0.1) is 50.1 Å². The number of amides is 1. The molecule has 1 saturated heterocycles. The second-order valence-corrected chi connectivity index (χ2v) is 9.92. The number of hydrogen-bond acceptors (Lipinski definition) is 12. The van der Waals surface area contributed by atoms with Crippen molar-refractivity contribution in [1.82, 2.24) is 24.5 Å². The van der Waals surface area contributed by atoms with Gasteiger partial charge < -0.3 is 25.0 Å². The Labute approximate surface area is 286 Å². The first-order valence-electron chi connectivity index (χ1n) is 13.6. The number of nitrogens with zero attached hydrogens (tertiary/aromatic N) is 6. The minimum Gasteiger partial charge on any atom is -0.480 e. The predicted octanol–water partition coefficient (Wildman–Crippen LogP) is -1.18. The van der Waals surface area contributed by atoms with E-state index < -0.39 is 34.7 Å². The van der Waals surface area contributed by atoms with E-state index >= 15 is 0 Å². The largest absolute Gasteiger partial charge is 0.480 e. The van der Waals surface area contributed by atoms with Crippen LogP contribution in [-0.4, -0.2) is 166 Å². The first kappa shape index (κ1) is 39.2. The Morgan fingerprint density at radius 3 is 1.43 bits per heavy atom. The molecular formula is C26H38GdN6O11. The number of non-ortho nitro benzene ring substituents is 1. The molecule has 44 heavy (non-hydrogen) atoms. The molecule has 0 bridgehead atoms. The third kappa shape index (κ3) is 15.2. The average molecular weight is 768 g/mol. The molecule has 0 aliphatic carbocycles. The van der Waals surface area contributed by atoms with Gasteiger partial charge in [0, 0.05) is 111 Å². The molecule has 1 aliphatic heterocycles. The van der Waals surface area contributed by atoms with Gasteiger partial charge in [0.25, 0.3) is 5.69 Å². The molecule has 18 heteroatoms. The summed E-state index contributed by atoms with van der Waals surface area (Å²) in [6.45, 7) is 2.48. The molecule has 1 heterocycles. The number of esters is 1. The number of benzene rings is 1. The molecule has 0 saturated carbocycles. The maximum Gasteiger partial charge on any atom is 0.331 e. The van der Waals surface area contributed by atoms with E-state index in [4.69, 9.17) is 4.74 Å². The molecule has 0 aromatic heterocycles. The molecule has 0 radical (unpaired) electrons. The molecule has 0 spiro atoms. The van der Waals surface area contributed by atoms with Crippen LogP contribution in [0.2, 0.25) is 0 Å². The molecule has 1 aliphatic rings. The van der Waals surface area contributed by atoms with E-state index in [0.29, 0.717) is 0 Å². The Morgan fingerprint density at radius 1 is 0.750 bits per heavy atom. The number of carboxylic acids is 3. The van der Waals surface area contributed by atoms with Gasteiger partial charge in [-0.25, -0.2) is 4.79 Å². The summed E-state index contributed by atoms with van der Waals surface area (Å²) in [5.74, 6) is -4.24. The standard InChI is InChI=1S/C26H38N6O11.Gd/c1-2-31(19-26(40)43-21-5-3-20(4-6-21)32(41)42)22(33)15-27-7-9-28(16-23(34)35)11-13-30(18-25(38)39)14-12-29(10-8-27)17-24(36)37;/h3-6H,2,7-19H2,1H3,(H,34,35)(H,36,37)(H,38,39);. The number of nitro groups is 1. The van der Waals surface area contributed by atoms with Crippen LogP contribution < -0.4 is 4.74 Å². The van der Waals surface area contributed by atoms with Crippen molar-refractivity contribution in [3.05, 3.63) is 34.4 Å². The van der Waals surface area contributed by atoms with Crippen LogP contribution in [-0.2, 0) is 24.0 Å². The van der Waals surface area contributed by atoms with Gasteiger partial charge in [-0.1, -0.05) is 0 Å². The zero-order chi connectivity index (χ0) is 31.9. The molecule has 1 aromatic carbocycles. The summed E-state index contributed by atoms with van der Waals surface area (Å²) in [6.07, 6.45) is 0. The van der Waals surface area contributed by atoms with Gasteiger partial charge in [0.15, 0.2) is 0 Å². The third-order valence-electron chi connectivity index (χ3n) is 6.70. The van der Waals surface area contributed by atoms with Crippen LogP contribution >= 0.6 is 0 Å². The van der Waals surface area contributed by atoms with Crippen LogP contribution in [0.3, 0.4) is 0 Å². The molecule has 1 aromatic rings. The maximum atomic E-state index is 13.2. The molecule has 3 N–H and O–H groups in total. The summed E-state index contributed by atoms with van der Waals surface area (Å²) in [7, 11) is 0. The Balaban J connectivity index is 0.00000968. The fraction of sp³-hybridized carbons (Fsp3) is 0.577. The van der Waals surface area contributed by atoms with Crippen molar-refractivity contribution in [3.8, 4) is 5.75 Å². The minimum atomic E-state index is -1.06. The van der Waals surface area contributed by atoms with Gasteiger partial charge >= 0.3 is 23.9 Å². The number of nitro benzene ring substituents is 1. The van der Waals surface area contributed by atoms with E-state index in [1.54, 1.807) is 26.5 Å². The minimum absolute atomic E-state index is 0. The topological polar surface area (TPSA) is 215 Å². The van der Waals surface area contributed by atoms with E-state index in [1.807, 2.05) is 0 Å². The molecule has 17 nitrogen and oxygen atoms in total. The van der Waals surface area contributed by atoms with Gasteiger partial charge in [-0.3, -0.25) is 48.9 Å².